The van der Waals surface area contributed by atoms with Crippen LogP contribution in [0.4, 0.5) is 0 Å². The van der Waals surface area contributed by atoms with Crippen molar-refractivity contribution in [2.75, 3.05) is 0 Å². The Kier molecular flexibility index (Phi) is 5.69. The molecule has 2 aromatic heterocycles. The number of H-pyrrole nitrogens is 1. The van der Waals surface area contributed by atoms with Crippen LogP contribution >= 0.6 is 23.4 Å². The van der Waals surface area contributed by atoms with Crippen molar-refractivity contribution in [1.82, 2.24) is 15.0 Å². The van der Waals surface area contributed by atoms with Gasteiger partial charge in [-0.3, -0.25) is 4.79 Å². The highest BCUT2D eigenvalue weighted by Crippen LogP contribution is 2.33. The number of aromatic amines is 1. The molecule has 0 amide bonds. The Bertz CT molecular complexity index is 1120. The number of hydrogen-bond acceptors (Lipinski definition) is 5. The van der Waals surface area contributed by atoms with Gasteiger partial charge in [0.05, 0.1) is 12.1 Å². The number of hydrogen-bond donors (Lipinski definition) is 2. The zero-order chi connectivity index (χ0) is 20.2. The summed E-state index contributed by atoms with van der Waals surface area (Å²) in [6.07, 6.45) is 2.03. The molecule has 0 aliphatic heterocycles. The van der Waals surface area contributed by atoms with E-state index in [4.69, 9.17) is 21.1 Å². The first kappa shape index (κ1) is 19.3. The number of rotatable bonds is 7. The highest BCUT2D eigenvalue weighted by atomic mass is 35.5. The molecule has 2 heterocycles. The van der Waals surface area contributed by atoms with Crippen LogP contribution in [0.1, 0.15) is 12.2 Å². The Morgan fingerprint density at radius 2 is 1.83 bits per heavy atom. The van der Waals surface area contributed by atoms with Crippen LogP contribution in [-0.4, -0.2) is 26.0 Å². The minimum atomic E-state index is -0.892. The minimum Gasteiger partial charge on any atom is -0.481 e. The molecule has 0 spiro atoms. The molecule has 0 unspecified atom stereocenters. The molecule has 0 saturated carbocycles. The molecule has 2 aromatic carbocycles. The fourth-order valence-electron chi connectivity index (χ4n) is 2.79. The summed E-state index contributed by atoms with van der Waals surface area (Å²) in [5.74, 6) is -0.372. The number of oxazole rings is 1. The Morgan fingerprint density at radius 1 is 1.07 bits per heavy atom. The molecular weight excluding hydrogens is 410 g/mol. The first-order valence-electron chi connectivity index (χ1n) is 8.84. The maximum atomic E-state index is 11.0. The third-order valence-electron chi connectivity index (χ3n) is 4.17. The number of nitrogens with one attached hydrogen (secondary N) is 1. The van der Waals surface area contributed by atoms with Crippen LogP contribution in [0, 0.1) is 0 Å². The average Bonchev–Trinajstić information content (AvgIpc) is 3.35. The lowest BCUT2D eigenvalue weighted by Gasteiger charge is -2.00. The lowest BCUT2D eigenvalue weighted by Crippen LogP contribution is -1.97. The molecule has 8 heteroatoms. The number of aliphatic carboxylic acids is 1. The SMILES string of the molecule is O=C(O)CCc1oc(Sc2nc(-c3ccccc3)c[nH]2)nc1-c1ccc(Cl)cc1. The highest BCUT2D eigenvalue weighted by molar-refractivity contribution is 7.98. The number of benzene rings is 2. The van der Waals surface area contributed by atoms with Gasteiger partial charge in [-0.25, -0.2) is 9.97 Å². The number of nitrogens with zero attached hydrogens (tertiary/aromatic N) is 2. The number of carboxylic acid groups (broad SMARTS) is 1. The molecule has 0 saturated heterocycles. The van der Waals surface area contributed by atoms with Crippen LogP contribution < -0.4 is 0 Å². The van der Waals surface area contributed by atoms with Crippen molar-refractivity contribution in [2.24, 2.45) is 0 Å². The van der Waals surface area contributed by atoms with Crippen LogP contribution in [0.2, 0.25) is 5.02 Å². The molecular formula is C21H16ClN3O3S. The predicted octanol–water partition coefficient (Wildman–Crippen LogP) is 5.55. The van der Waals surface area contributed by atoms with Crippen molar-refractivity contribution in [1.29, 1.82) is 0 Å². The van der Waals surface area contributed by atoms with Crippen molar-refractivity contribution >= 4 is 29.3 Å². The zero-order valence-corrected chi connectivity index (χ0v) is 16.7. The van der Waals surface area contributed by atoms with E-state index in [1.54, 1.807) is 12.1 Å². The molecule has 0 fully saturated rings. The summed E-state index contributed by atoms with van der Waals surface area (Å²) in [5, 5.41) is 10.7. The van der Waals surface area contributed by atoms with Gasteiger partial charge in [0, 0.05) is 40.5 Å². The second kappa shape index (κ2) is 8.55. The van der Waals surface area contributed by atoms with Crippen LogP contribution in [0.25, 0.3) is 22.5 Å². The standard InChI is InChI=1S/C21H16ClN3O3S/c22-15-8-6-14(7-9-15)19-17(10-11-18(26)27)28-21(25-19)29-20-23-12-16(24-20)13-4-2-1-3-5-13/h1-9,12H,10-11H2,(H,23,24)(H,26,27). The van der Waals surface area contributed by atoms with Crippen molar-refractivity contribution < 1.29 is 14.3 Å². The maximum absolute atomic E-state index is 11.0. The summed E-state index contributed by atoms with van der Waals surface area (Å²) < 4.78 is 5.86. The minimum absolute atomic E-state index is 0.0429. The van der Waals surface area contributed by atoms with E-state index in [1.807, 2.05) is 48.7 Å². The molecule has 29 heavy (non-hydrogen) atoms. The van der Waals surface area contributed by atoms with Gasteiger partial charge in [0.2, 0.25) is 0 Å². The summed E-state index contributed by atoms with van der Waals surface area (Å²) in [6, 6.07) is 17.0. The van der Waals surface area contributed by atoms with Crippen molar-refractivity contribution in [2.45, 2.75) is 23.2 Å². The first-order chi connectivity index (χ1) is 14.1. The van der Waals surface area contributed by atoms with Crippen LogP contribution in [0.15, 0.2) is 75.6 Å². The van der Waals surface area contributed by atoms with E-state index in [0.29, 0.717) is 26.9 Å². The fraction of sp³-hybridized carbons (Fsp3) is 0.0952. The van der Waals surface area contributed by atoms with Crippen LogP contribution in [-0.2, 0) is 11.2 Å². The van der Waals surface area contributed by atoms with E-state index in [2.05, 4.69) is 15.0 Å². The van der Waals surface area contributed by atoms with Gasteiger partial charge in [-0.1, -0.05) is 54.1 Å². The van der Waals surface area contributed by atoms with E-state index in [1.165, 1.54) is 11.8 Å². The van der Waals surface area contributed by atoms with Gasteiger partial charge in [0.25, 0.3) is 5.22 Å². The van der Waals surface area contributed by atoms with E-state index in [0.717, 1.165) is 16.8 Å². The predicted molar refractivity (Wildman–Crippen MR) is 111 cm³/mol. The lowest BCUT2D eigenvalue weighted by molar-refractivity contribution is -0.137. The monoisotopic (exact) mass is 425 g/mol. The largest absolute Gasteiger partial charge is 0.481 e. The van der Waals surface area contributed by atoms with E-state index < -0.39 is 5.97 Å². The second-order valence-electron chi connectivity index (χ2n) is 6.21. The van der Waals surface area contributed by atoms with Gasteiger partial charge < -0.3 is 14.5 Å². The Morgan fingerprint density at radius 3 is 2.55 bits per heavy atom. The molecule has 6 nitrogen and oxygen atoms in total. The third kappa shape index (κ3) is 4.70. The molecule has 0 aliphatic rings. The van der Waals surface area contributed by atoms with Crippen molar-refractivity contribution in [3.8, 4) is 22.5 Å². The quantitative estimate of drug-likeness (QED) is 0.403. The lowest BCUT2D eigenvalue weighted by atomic mass is 10.1. The normalized spacial score (nSPS) is 10.9. The third-order valence-corrected chi connectivity index (χ3v) is 5.17. The molecule has 4 rings (SSSR count). The van der Waals surface area contributed by atoms with Crippen molar-refractivity contribution in [3.05, 3.63) is 71.6 Å². The Balaban J connectivity index is 1.60. The molecule has 2 N–H and O–H groups in total. The summed E-state index contributed by atoms with van der Waals surface area (Å²) in [5.41, 5.74) is 3.26. The summed E-state index contributed by atoms with van der Waals surface area (Å²) in [6.45, 7) is 0. The van der Waals surface area contributed by atoms with Crippen molar-refractivity contribution in [3.63, 3.8) is 0 Å². The number of carboxylic acids is 1. The first-order valence-corrected chi connectivity index (χ1v) is 10.0. The van der Waals surface area contributed by atoms with Gasteiger partial charge in [0.15, 0.2) is 5.16 Å². The molecule has 0 atom stereocenters. The molecule has 0 aliphatic carbocycles. The number of aromatic nitrogens is 3. The number of imidazole rings is 1. The molecule has 0 radical (unpaired) electrons. The summed E-state index contributed by atoms with van der Waals surface area (Å²) >= 11 is 7.22. The second-order valence-corrected chi connectivity index (χ2v) is 7.59. The van der Waals surface area contributed by atoms with Crippen LogP contribution in [0.5, 0.6) is 0 Å². The van der Waals surface area contributed by atoms with Gasteiger partial charge in [-0.05, 0) is 12.1 Å². The van der Waals surface area contributed by atoms with Gasteiger partial charge >= 0.3 is 5.97 Å². The van der Waals surface area contributed by atoms with E-state index in [-0.39, 0.29) is 12.8 Å². The van der Waals surface area contributed by atoms with E-state index in [9.17, 15) is 4.79 Å². The highest BCUT2D eigenvalue weighted by Gasteiger charge is 2.18. The Labute approximate surface area is 176 Å². The van der Waals surface area contributed by atoms with E-state index >= 15 is 0 Å². The molecule has 146 valence electrons. The molecule has 0 bridgehead atoms. The summed E-state index contributed by atoms with van der Waals surface area (Å²) in [4.78, 5) is 23.3. The molecule has 4 aromatic rings. The number of halogens is 1. The Hall–Kier alpha value is -3.03. The topological polar surface area (TPSA) is 92.0 Å². The number of carbonyl (C=O) groups is 1. The maximum Gasteiger partial charge on any atom is 0.303 e. The van der Waals surface area contributed by atoms with Gasteiger partial charge in [0.1, 0.15) is 11.5 Å². The number of aryl methyl sites for hydroxylation is 1. The van der Waals surface area contributed by atoms with Crippen LogP contribution in [0.3, 0.4) is 0 Å². The van der Waals surface area contributed by atoms with Gasteiger partial charge in [-0.15, -0.1) is 0 Å². The fourth-order valence-corrected chi connectivity index (χ4v) is 3.63. The van der Waals surface area contributed by atoms with Gasteiger partial charge in [-0.2, -0.15) is 0 Å². The smallest absolute Gasteiger partial charge is 0.303 e. The average molecular weight is 426 g/mol. The summed E-state index contributed by atoms with van der Waals surface area (Å²) in [7, 11) is 0. The zero-order valence-electron chi connectivity index (χ0n) is 15.1.